The molecular weight excluding hydrogens is 370 g/mol. The maximum atomic E-state index is 12.8. The van der Waals surface area contributed by atoms with Gasteiger partial charge in [-0.25, -0.2) is 0 Å². The highest BCUT2D eigenvalue weighted by Gasteiger charge is 2.38. The smallest absolute Gasteiger partial charge is 0.234 e. The second-order valence-corrected chi connectivity index (χ2v) is 8.31. The molecule has 0 atom stereocenters. The number of nitriles is 1. The molecule has 1 amide bonds. The van der Waals surface area contributed by atoms with Gasteiger partial charge in [0.15, 0.2) is 11.0 Å². The number of carbonyl (C=O) groups excluding carboxylic acids is 1. The van der Waals surface area contributed by atoms with Crippen LogP contribution in [-0.2, 0) is 11.3 Å². The number of benzene rings is 1. The highest BCUT2D eigenvalue weighted by Crippen LogP contribution is 2.33. The molecule has 3 rings (SSSR count). The summed E-state index contributed by atoms with van der Waals surface area (Å²) in [5.41, 5.74) is 1.54. The van der Waals surface area contributed by atoms with Crippen LogP contribution in [0.15, 0.2) is 29.4 Å². The van der Waals surface area contributed by atoms with Gasteiger partial charge in [-0.05, 0) is 32.8 Å². The van der Waals surface area contributed by atoms with Gasteiger partial charge in [0.05, 0.1) is 11.8 Å². The number of amides is 1. The van der Waals surface area contributed by atoms with E-state index in [1.54, 1.807) is 11.9 Å². The molecule has 0 saturated heterocycles. The average Bonchev–Trinajstić information content (AvgIpc) is 3.14. The van der Waals surface area contributed by atoms with Gasteiger partial charge in [-0.2, -0.15) is 5.26 Å². The highest BCUT2D eigenvalue weighted by molar-refractivity contribution is 7.99. The summed E-state index contributed by atoms with van der Waals surface area (Å²) in [6.07, 6.45) is 4.67. The van der Waals surface area contributed by atoms with Crippen LogP contribution in [0.4, 0.5) is 0 Å². The monoisotopic (exact) mass is 397 g/mol. The zero-order valence-corrected chi connectivity index (χ0v) is 17.6. The molecule has 0 unspecified atom stereocenters. The topological polar surface area (TPSA) is 74.8 Å². The fourth-order valence-corrected chi connectivity index (χ4v) is 4.72. The van der Waals surface area contributed by atoms with Crippen molar-refractivity contribution in [1.82, 2.24) is 19.7 Å². The SMILES string of the molecule is CCn1c(SCC(=O)N(C)C2(C#N)CCCCC2)nnc1-c1cccc(C)c1. The van der Waals surface area contributed by atoms with Crippen LogP contribution in [0.25, 0.3) is 11.4 Å². The Kier molecular flexibility index (Phi) is 6.40. The second kappa shape index (κ2) is 8.78. The molecule has 1 aliphatic rings. The van der Waals surface area contributed by atoms with E-state index in [9.17, 15) is 10.1 Å². The minimum absolute atomic E-state index is 0.0313. The van der Waals surface area contributed by atoms with Gasteiger partial charge in [0, 0.05) is 19.2 Å². The van der Waals surface area contributed by atoms with E-state index < -0.39 is 5.54 Å². The standard InChI is InChI=1S/C21H27N5OS/c1-4-26-19(17-10-8-9-16(2)13-17)23-24-20(26)28-14-18(27)25(3)21(15-22)11-6-5-7-12-21/h8-10,13H,4-7,11-12,14H2,1-3H3. The molecule has 0 radical (unpaired) electrons. The molecule has 1 aromatic heterocycles. The van der Waals surface area contributed by atoms with Gasteiger partial charge >= 0.3 is 0 Å². The third kappa shape index (κ3) is 4.07. The summed E-state index contributed by atoms with van der Waals surface area (Å²) < 4.78 is 2.04. The zero-order valence-electron chi connectivity index (χ0n) is 16.8. The molecule has 1 fully saturated rings. The number of thioether (sulfide) groups is 1. The minimum atomic E-state index is -0.652. The Morgan fingerprint density at radius 1 is 1.32 bits per heavy atom. The lowest BCUT2D eigenvalue weighted by atomic mass is 9.81. The van der Waals surface area contributed by atoms with E-state index in [2.05, 4.69) is 35.3 Å². The number of nitrogens with zero attached hydrogens (tertiary/aromatic N) is 5. The van der Waals surface area contributed by atoms with E-state index in [-0.39, 0.29) is 11.7 Å². The van der Waals surface area contributed by atoms with Crippen molar-refractivity contribution in [1.29, 1.82) is 5.26 Å². The van der Waals surface area contributed by atoms with Crippen molar-refractivity contribution in [3.63, 3.8) is 0 Å². The van der Waals surface area contributed by atoms with Crippen molar-refractivity contribution >= 4 is 17.7 Å². The zero-order chi connectivity index (χ0) is 20.1. The molecule has 0 spiro atoms. The Hall–Kier alpha value is -2.33. The Morgan fingerprint density at radius 3 is 2.71 bits per heavy atom. The summed E-state index contributed by atoms with van der Waals surface area (Å²) in [6.45, 7) is 4.83. The number of carbonyl (C=O) groups is 1. The molecule has 2 aromatic rings. The van der Waals surface area contributed by atoms with Crippen molar-refractivity contribution in [3.05, 3.63) is 29.8 Å². The van der Waals surface area contributed by atoms with Crippen LogP contribution >= 0.6 is 11.8 Å². The second-order valence-electron chi connectivity index (χ2n) is 7.37. The van der Waals surface area contributed by atoms with E-state index in [0.717, 1.165) is 55.2 Å². The van der Waals surface area contributed by atoms with Crippen molar-refractivity contribution in [2.24, 2.45) is 0 Å². The Morgan fingerprint density at radius 2 is 2.07 bits per heavy atom. The Bertz CT molecular complexity index is 879. The number of aryl methyl sites for hydroxylation is 1. The lowest BCUT2D eigenvalue weighted by Gasteiger charge is -2.39. The molecule has 1 aliphatic carbocycles. The fraction of sp³-hybridized carbons (Fsp3) is 0.524. The molecule has 1 heterocycles. The van der Waals surface area contributed by atoms with Crippen LogP contribution < -0.4 is 0 Å². The van der Waals surface area contributed by atoms with E-state index in [1.807, 2.05) is 23.6 Å². The molecule has 1 saturated carbocycles. The molecule has 1 aromatic carbocycles. The summed E-state index contributed by atoms with van der Waals surface area (Å²) >= 11 is 1.39. The largest absolute Gasteiger partial charge is 0.326 e. The Labute approximate surface area is 170 Å². The number of hydrogen-bond acceptors (Lipinski definition) is 5. The van der Waals surface area contributed by atoms with Crippen molar-refractivity contribution in [2.45, 2.75) is 63.2 Å². The van der Waals surface area contributed by atoms with Gasteiger partial charge in [-0.3, -0.25) is 4.79 Å². The van der Waals surface area contributed by atoms with Gasteiger partial charge in [-0.1, -0.05) is 54.8 Å². The number of rotatable bonds is 6. The summed E-state index contributed by atoms with van der Waals surface area (Å²) in [5.74, 6) is 1.04. The molecule has 7 heteroatoms. The van der Waals surface area contributed by atoms with E-state index in [1.165, 1.54) is 17.3 Å². The van der Waals surface area contributed by atoms with Crippen LogP contribution in [0.5, 0.6) is 0 Å². The Balaban J connectivity index is 1.72. The van der Waals surface area contributed by atoms with E-state index in [0.29, 0.717) is 0 Å². The molecule has 0 N–H and O–H groups in total. The third-order valence-electron chi connectivity index (χ3n) is 5.54. The highest BCUT2D eigenvalue weighted by atomic mass is 32.2. The third-order valence-corrected chi connectivity index (χ3v) is 6.49. The normalized spacial score (nSPS) is 15.8. The van der Waals surface area contributed by atoms with Crippen LogP contribution in [0.2, 0.25) is 0 Å². The van der Waals surface area contributed by atoms with Gasteiger partial charge in [0.25, 0.3) is 0 Å². The first-order chi connectivity index (χ1) is 13.5. The minimum Gasteiger partial charge on any atom is -0.326 e. The first kappa shape index (κ1) is 20.4. The van der Waals surface area contributed by atoms with E-state index >= 15 is 0 Å². The van der Waals surface area contributed by atoms with Gasteiger partial charge in [0.1, 0.15) is 5.54 Å². The van der Waals surface area contributed by atoms with Crippen LogP contribution in [0.1, 0.15) is 44.6 Å². The first-order valence-corrected chi connectivity index (χ1v) is 10.8. The maximum Gasteiger partial charge on any atom is 0.234 e. The van der Waals surface area contributed by atoms with Crippen LogP contribution in [-0.4, -0.2) is 43.9 Å². The predicted molar refractivity (Wildman–Crippen MR) is 111 cm³/mol. The first-order valence-electron chi connectivity index (χ1n) is 9.81. The summed E-state index contributed by atoms with van der Waals surface area (Å²) in [4.78, 5) is 14.5. The van der Waals surface area contributed by atoms with Crippen molar-refractivity contribution in [3.8, 4) is 17.5 Å². The number of hydrogen-bond donors (Lipinski definition) is 0. The molecule has 6 nitrogen and oxygen atoms in total. The predicted octanol–water partition coefficient (Wildman–Crippen LogP) is 4.05. The quantitative estimate of drug-likeness (QED) is 0.688. The van der Waals surface area contributed by atoms with Gasteiger partial charge < -0.3 is 9.47 Å². The van der Waals surface area contributed by atoms with Crippen molar-refractivity contribution in [2.75, 3.05) is 12.8 Å². The number of aromatic nitrogens is 3. The maximum absolute atomic E-state index is 12.8. The van der Waals surface area contributed by atoms with Crippen molar-refractivity contribution < 1.29 is 4.79 Å². The summed E-state index contributed by atoms with van der Waals surface area (Å²) in [7, 11) is 1.76. The van der Waals surface area contributed by atoms with Gasteiger partial charge in [-0.15, -0.1) is 10.2 Å². The fourth-order valence-electron chi connectivity index (χ4n) is 3.80. The lowest BCUT2D eigenvalue weighted by molar-refractivity contribution is -0.131. The van der Waals surface area contributed by atoms with Gasteiger partial charge in [0.2, 0.25) is 5.91 Å². The molecule has 0 bridgehead atoms. The van der Waals surface area contributed by atoms with Crippen LogP contribution in [0, 0.1) is 18.3 Å². The molecule has 0 aliphatic heterocycles. The lowest BCUT2D eigenvalue weighted by Crippen LogP contribution is -2.50. The van der Waals surface area contributed by atoms with Crippen LogP contribution in [0.3, 0.4) is 0 Å². The average molecular weight is 398 g/mol. The summed E-state index contributed by atoms with van der Waals surface area (Å²) in [5, 5.41) is 19.1. The molecule has 148 valence electrons. The summed E-state index contributed by atoms with van der Waals surface area (Å²) in [6, 6.07) is 10.6. The molecule has 28 heavy (non-hydrogen) atoms. The molecular formula is C21H27N5OS. The van der Waals surface area contributed by atoms with E-state index in [4.69, 9.17) is 0 Å².